The molecule has 8 heteroatoms. The monoisotopic (exact) mass is 356 g/mol. The lowest BCUT2D eigenvalue weighted by Crippen LogP contribution is -2.45. The number of nitrogens with zero attached hydrogens (tertiary/aromatic N) is 1. The van der Waals surface area contributed by atoms with Gasteiger partial charge in [-0.25, -0.2) is 0 Å². The number of ether oxygens (including phenoxy) is 1. The zero-order chi connectivity index (χ0) is 16.2. The highest BCUT2D eigenvalue weighted by Crippen LogP contribution is 2.39. The Bertz CT molecular complexity index is 493. The maximum absolute atomic E-state index is 13.4. The van der Waals surface area contributed by atoms with Gasteiger partial charge in [0.05, 0.1) is 19.3 Å². The van der Waals surface area contributed by atoms with Crippen molar-refractivity contribution in [1.82, 2.24) is 10.2 Å². The molecule has 0 unspecified atom stereocenters. The molecule has 1 fully saturated rings. The minimum atomic E-state index is -4.49. The molecule has 2 rings (SSSR count). The highest BCUT2D eigenvalue weighted by molar-refractivity contribution is 5.85. The van der Waals surface area contributed by atoms with Crippen LogP contribution in [0.2, 0.25) is 0 Å². The van der Waals surface area contributed by atoms with E-state index in [1.54, 1.807) is 0 Å². The normalized spacial score (nSPS) is 17.4. The van der Waals surface area contributed by atoms with Crippen molar-refractivity contribution in [3.05, 3.63) is 29.3 Å². The minimum absolute atomic E-state index is 0. The summed E-state index contributed by atoms with van der Waals surface area (Å²) < 4.78 is 57.9. The number of methoxy groups -OCH3 is 1. The molecule has 0 aromatic heterocycles. The summed E-state index contributed by atoms with van der Waals surface area (Å²) in [6, 6.07) is 3.32. The first kappa shape index (κ1) is 20.0. The smallest absolute Gasteiger partial charge is 0.416 e. The Balaban J connectivity index is 0.00000264. The Hall–Kier alpha value is -1.05. The highest BCUT2D eigenvalue weighted by atomic mass is 35.5. The van der Waals surface area contributed by atoms with Gasteiger partial charge >= 0.3 is 6.18 Å². The van der Waals surface area contributed by atoms with Crippen LogP contribution in [0.5, 0.6) is 5.75 Å². The molecule has 0 amide bonds. The van der Waals surface area contributed by atoms with Gasteiger partial charge in [-0.3, -0.25) is 9.29 Å². The number of hydrogen-bond acceptors (Lipinski definition) is 3. The lowest BCUT2D eigenvalue weighted by Gasteiger charge is -2.36. The van der Waals surface area contributed by atoms with Crippen molar-refractivity contribution >= 4 is 12.4 Å². The van der Waals surface area contributed by atoms with E-state index in [9.17, 15) is 17.6 Å². The lowest BCUT2D eigenvalue weighted by atomic mass is 9.95. The molecule has 1 aliphatic heterocycles. The van der Waals surface area contributed by atoms with Crippen LogP contribution in [0.25, 0.3) is 0 Å². The predicted octanol–water partition coefficient (Wildman–Crippen LogP) is 3.44. The molecule has 1 heterocycles. The quantitative estimate of drug-likeness (QED) is 0.818. The highest BCUT2D eigenvalue weighted by Gasteiger charge is 2.37. The number of nitrogens with one attached hydrogen (secondary N) is 1. The third kappa shape index (κ3) is 4.96. The fourth-order valence-corrected chi connectivity index (χ4v) is 2.83. The summed E-state index contributed by atoms with van der Waals surface area (Å²) in [4.78, 5) is 1.91. The van der Waals surface area contributed by atoms with Crippen molar-refractivity contribution in [2.24, 2.45) is 0 Å². The summed E-state index contributed by atoms with van der Waals surface area (Å²) in [5.74, 6) is 0.149. The number of benzene rings is 1. The number of halogens is 5. The Morgan fingerprint density at radius 1 is 1.26 bits per heavy atom. The second-order valence-electron chi connectivity index (χ2n) is 5.23. The number of rotatable bonds is 5. The van der Waals surface area contributed by atoms with Crippen molar-refractivity contribution in [3.63, 3.8) is 0 Å². The van der Waals surface area contributed by atoms with E-state index in [1.165, 1.54) is 19.2 Å². The molecule has 1 saturated heterocycles. The van der Waals surface area contributed by atoms with E-state index in [0.717, 1.165) is 6.07 Å². The lowest BCUT2D eigenvalue weighted by molar-refractivity contribution is -0.139. The second-order valence-corrected chi connectivity index (χ2v) is 5.23. The van der Waals surface area contributed by atoms with Gasteiger partial charge < -0.3 is 10.1 Å². The van der Waals surface area contributed by atoms with Crippen LogP contribution in [0.15, 0.2) is 18.2 Å². The molecular formula is C15H21ClF4N2O. The summed E-state index contributed by atoms with van der Waals surface area (Å²) >= 11 is 0. The first-order chi connectivity index (χ1) is 10.5. The standard InChI is InChI=1S/C15H20F4N2O.ClH/c1-22-11-2-3-12(13(10-11)15(17,18)19)14(4-5-16)21-8-6-20-7-9-21;/h2-3,10,14,20H,4-9H2,1H3;1H/t14-;/m0./s1. The zero-order valence-electron chi connectivity index (χ0n) is 12.8. The van der Waals surface area contributed by atoms with Gasteiger partial charge in [0.2, 0.25) is 0 Å². The Labute approximate surface area is 139 Å². The van der Waals surface area contributed by atoms with Crippen molar-refractivity contribution in [2.45, 2.75) is 18.6 Å². The summed E-state index contributed by atoms with van der Waals surface area (Å²) in [6.45, 7) is 1.94. The summed E-state index contributed by atoms with van der Waals surface area (Å²) in [6.07, 6.45) is -4.44. The van der Waals surface area contributed by atoms with Gasteiger partial charge in [0, 0.05) is 32.2 Å². The van der Waals surface area contributed by atoms with Crippen LogP contribution >= 0.6 is 12.4 Å². The van der Waals surface area contributed by atoms with E-state index in [2.05, 4.69) is 5.32 Å². The van der Waals surface area contributed by atoms with Crippen molar-refractivity contribution in [1.29, 1.82) is 0 Å². The molecule has 0 saturated carbocycles. The predicted molar refractivity (Wildman–Crippen MR) is 83.0 cm³/mol. The molecule has 0 spiro atoms. The molecule has 1 aliphatic rings. The second kappa shape index (κ2) is 8.70. The minimum Gasteiger partial charge on any atom is -0.497 e. The van der Waals surface area contributed by atoms with Gasteiger partial charge in [0.1, 0.15) is 5.75 Å². The number of alkyl halides is 4. The van der Waals surface area contributed by atoms with Crippen LogP contribution < -0.4 is 10.1 Å². The van der Waals surface area contributed by atoms with Gasteiger partial charge in [-0.1, -0.05) is 6.07 Å². The van der Waals surface area contributed by atoms with Gasteiger partial charge in [-0.2, -0.15) is 13.2 Å². The fraction of sp³-hybridized carbons (Fsp3) is 0.600. The molecule has 0 bridgehead atoms. The SMILES string of the molecule is COc1ccc([C@H](CCF)N2CCNCC2)c(C(F)(F)F)c1.Cl. The zero-order valence-corrected chi connectivity index (χ0v) is 13.6. The molecule has 3 nitrogen and oxygen atoms in total. The first-order valence-electron chi connectivity index (χ1n) is 7.23. The molecule has 132 valence electrons. The third-order valence-electron chi connectivity index (χ3n) is 3.90. The van der Waals surface area contributed by atoms with Crippen molar-refractivity contribution < 1.29 is 22.3 Å². The van der Waals surface area contributed by atoms with E-state index < -0.39 is 24.5 Å². The maximum atomic E-state index is 13.4. The Kier molecular flexibility index (Phi) is 7.57. The number of hydrogen-bond donors (Lipinski definition) is 1. The Morgan fingerprint density at radius 3 is 2.43 bits per heavy atom. The van der Waals surface area contributed by atoms with E-state index in [4.69, 9.17) is 4.74 Å². The van der Waals surface area contributed by atoms with Gasteiger partial charge in [-0.05, 0) is 24.1 Å². The van der Waals surface area contributed by atoms with Crippen LogP contribution in [0.3, 0.4) is 0 Å². The molecule has 1 atom stereocenters. The van der Waals surface area contributed by atoms with E-state index in [1.807, 2.05) is 4.90 Å². The van der Waals surface area contributed by atoms with Gasteiger partial charge in [0.15, 0.2) is 0 Å². The molecule has 0 radical (unpaired) electrons. The first-order valence-corrected chi connectivity index (χ1v) is 7.23. The fourth-order valence-electron chi connectivity index (χ4n) is 2.83. The van der Waals surface area contributed by atoms with E-state index >= 15 is 0 Å². The number of piperazine rings is 1. The molecule has 0 aliphatic carbocycles. The molecular weight excluding hydrogens is 336 g/mol. The third-order valence-corrected chi connectivity index (χ3v) is 3.90. The van der Waals surface area contributed by atoms with Crippen molar-refractivity contribution in [2.75, 3.05) is 40.0 Å². The van der Waals surface area contributed by atoms with Crippen LogP contribution in [0, 0.1) is 0 Å². The van der Waals surface area contributed by atoms with E-state index in [-0.39, 0.29) is 30.1 Å². The van der Waals surface area contributed by atoms with Crippen LogP contribution in [0.4, 0.5) is 17.6 Å². The van der Waals surface area contributed by atoms with Crippen LogP contribution in [-0.4, -0.2) is 44.9 Å². The maximum Gasteiger partial charge on any atom is 0.416 e. The van der Waals surface area contributed by atoms with Crippen LogP contribution in [-0.2, 0) is 6.18 Å². The average molecular weight is 357 g/mol. The summed E-state index contributed by atoms with van der Waals surface area (Å²) in [5, 5.41) is 3.15. The average Bonchev–Trinajstić information content (AvgIpc) is 2.52. The van der Waals surface area contributed by atoms with Gasteiger partial charge in [-0.15, -0.1) is 12.4 Å². The summed E-state index contributed by atoms with van der Waals surface area (Å²) in [5.41, 5.74) is -0.628. The Morgan fingerprint density at radius 2 is 1.91 bits per heavy atom. The molecule has 1 aromatic carbocycles. The van der Waals surface area contributed by atoms with Crippen LogP contribution in [0.1, 0.15) is 23.6 Å². The van der Waals surface area contributed by atoms with Gasteiger partial charge in [0.25, 0.3) is 0 Å². The summed E-state index contributed by atoms with van der Waals surface area (Å²) in [7, 11) is 1.32. The molecule has 1 aromatic rings. The molecule has 23 heavy (non-hydrogen) atoms. The molecule has 1 N–H and O–H groups in total. The van der Waals surface area contributed by atoms with E-state index in [0.29, 0.717) is 26.2 Å². The largest absolute Gasteiger partial charge is 0.497 e. The topological polar surface area (TPSA) is 24.5 Å². The van der Waals surface area contributed by atoms with Crippen molar-refractivity contribution in [3.8, 4) is 5.75 Å².